The minimum absolute atomic E-state index is 0.751. The quantitative estimate of drug-likeness (QED) is 0.560. The van der Waals surface area contributed by atoms with Crippen molar-refractivity contribution in [2.24, 2.45) is 5.92 Å². The normalized spacial score (nSPS) is 11.1. The summed E-state index contributed by atoms with van der Waals surface area (Å²) in [6.07, 6.45) is 3.56. The van der Waals surface area contributed by atoms with Gasteiger partial charge in [-0.05, 0) is 31.8 Å². The van der Waals surface area contributed by atoms with Gasteiger partial charge in [-0.3, -0.25) is 0 Å². The highest BCUT2D eigenvalue weighted by atomic mass is 16.5. The van der Waals surface area contributed by atoms with Crippen molar-refractivity contribution in [2.45, 2.75) is 40.0 Å². The Hall–Kier alpha value is -0.0800. The Morgan fingerprint density at radius 2 is 1.85 bits per heavy atom. The average molecular weight is 187 g/mol. The van der Waals surface area contributed by atoms with Crippen molar-refractivity contribution < 1.29 is 4.74 Å². The lowest BCUT2D eigenvalue weighted by Gasteiger charge is -2.07. The zero-order chi connectivity index (χ0) is 9.94. The molecule has 0 aliphatic heterocycles. The Morgan fingerprint density at radius 1 is 1.15 bits per heavy atom. The van der Waals surface area contributed by atoms with Gasteiger partial charge in [-0.25, -0.2) is 0 Å². The molecule has 0 rings (SSSR count). The van der Waals surface area contributed by atoms with E-state index in [4.69, 9.17) is 4.74 Å². The van der Waals surface area contributed by atoms with E-state index in [-0.39, 0.29) is 0 Å². The van der Waals surface area contributed by atoms with E-state index in [1.165, 1.54) is 12.8 Å². The maximum absolute atomic E-state index is 5.44. The van der Waals surface area contributed by atoms with E-state index in [9.17, 15) is 0 Å². The van der Waals surface area contributed by atoms with Crippen molar-refractivity contribution in [3.63, 3.8) is 0 Å². The van der Waals surface area contributed by atoms with Gasteiger partial charge in [0.25, 0.3) is 0 Å². The first-order chi connectivity index (χ1) is 6.27. The summed E-state index contributed by atoms with van der Waals surface area (Å²) in [7, 11) is 0. The zero-order valence-corrected chi connectivity index (χ0v) is 9.44. The molecule has 0 aromatic heterocycles. The molecular formula is C11H25NO. The van der Waals surface area contributed by atoms with Crippen LogP contribution in [0.15, 0.2) is 0 Å². The van der Waals surface area contributed by atoms with Crippen molar-refractivity contribution in [1.82, 2.24) is 5.32 Å². The maximum Gasteiger partial charge on any atom is 0.0478 e. The van der Waals surface area contributed by atoms with E-state index in [2.05, 4.69) is 26.1 Å². The van der Waals surface area contributed by atoms with Crippen molar-refractivity contribution >= 4 is 0 Å². The number of hydrogen-bond acceptors (Lipinski definition) is 2. The molecule has 0 aliphatic rings. The molecule has 0 heterocycles. The monoisotopic (exact) mass is 187 g/mol. The van der Waals surface area contributed by atoms with Gasteiger partial charge in [-0.2, -0.15) is 0 Å². The molecule has 0 saturated heterocycles. The molecule has 0 unspecified atom stereocenters. The second-order valence-electron chi connectivity index (χ2n) is 3.92. The molecule has 0 aliphatic carbocycles. The lowest BCUT2D eigenvalue weighted by Crippen LogP contribution is -2.21. The first-order valence-electron chi connectivity index (χ1n) is 5.55. The van der Waals surface area contributed by atoms with Crippen LogP contribution in [0, 0.1) is 5.92 Å². The van der Waals surface area contributed by atoms with E-state index < -0.39 is 0 Å². The predicted octanol–water partition coefficient (Wildman–Crippen LogP) is 2.44. The van der Waals surface area contributed by atoms with Crippen LogP contribution in [0.3, 0.4) is 0 Å². The van der Waals surface area contributed by atoms with Crippen molar-refractivity contribution in [1.29, 1.82) is 0 Å². The molecule has 0 atom stereocenters. The van der Waals surface area contributed by atoms with Crippen LogP contribution in [-0.4, -0.2) is 26.3 Å². The molecule has 0 radical (unpaired) electrons. The third kappa shape index (κ3) is 11.9. The number of ether oxygens (including phenoxy) is 1. The van der Waals surface area contributed by atoms with Crippen LogP contribution < -0.4 is 5.32 Å². The number of rotatable bonds is 9. The van der Waals surface area contributed by atoms with E-state index in [0.717, 1.165) is 38.6 Å². The van der Waals surface area contributed by atoms with Gasteiger partial charge >= 0.3 is 0 Å². The van der Waals surface area contributed by atoms with Gasteiger partial charge < -0.3 is 10.1 Å². The van der Waals surface area contributed by atoms with Crippen LogP contribution in [0.25, 0.3) is 0 Å². The summed E-state index contributed by atoms with van der Waals surface area (Å²) in [4.78, 5) is 0. The third-order valence-electron chi connectivity index (χ3n) is 1.84. The second kappa shape index (κ2) is 10.0. The van der Waals surface area contributed by atoms with Gasteiger partial charge in [0, 0.05) is 13.2 Å². The highest BCUT2D eigenvalue weighted by Crippen LogP contribution is 1.90. The van der Waals surface area contributed by atoms with Crippen LogP contribution in [0.1, 0.15) is 40.0 Å². The number of hydrogen-bond donors (Lipinski definition) is 1. The Kier molecular flexibility index (Phi) is 9.94. The molecule has 1 N–H and O–H groups in total. The number of unbranched alkanes of at least 4 members (excludes halogenated alkanes) is 1. The first-order valence-corrected chi connectivity index (χ1v) is 5.55. The summed E-state index contributed by atoms with van der Waals surface area (Å²) in [5.74, 6) is 0.751. The summed E-state index contributed by atoms with van der Waals surface area (Å²) in [5.41, 5.74) is 0. The summed E-state index contributed by atoms with van der Waals surface area (Å²) in [6.45, 7) is 10.7. The Bertz CT molecular complexity index is 94.1. The van der Waals surface area contributed by atoms with Crippen molar-refractivity contribution in [2.75, 3.05) is 26.3 Å². The highest BCUT2D eigenvalue weighted by molar-refractivity contribution is 4.50. The van der Waals surface area contributed by atoms with Crippen LogP contribution >= 0.6 is 0 Å². The van der Waals surface area contributed by atoms with Crippen LogP contribution in [0.2, 0.25) is 0 Å². The molecule has 0 fully saturated rings. The molecule has 13 heavy (non-hydrogen) atoms. The fourth-order valence-corrected chi connectivity index (χ4v) is 1.04. The first kappa shape index (κ1) is 12.9. The van der Waals surface area contributed by atoms with Gasteiger partial charge in [-0.15, -0.1) is 0 Å². The fourth-order valence-electron chi connectivity index (χ4n) is 1.04. The molecule has 2 heteroatoms. The van der Waals surface area contributed by atoms with Crippen molar-refractivity contribution in [3.05, 3.63) is 0 Å². The molecule has 2 nitrogen and oxygen atoms in total. The highest BCUT2D eigenvalue weighted by Gasteiger charge is 1.92. The summed E-state index contributed by atoms with van der Waals surface area (Å²) >= 11 is 0. The summed E-state index contributed by atoms with van der Waals surface area (Å²) in [5, 5.41) is 3.40. The standard InChI is InChI=1S/C11H25NO/c1-4-5-8-13-9-6-7-12-10-11(2)3/h11-12H,4-10H2,1-3H3. The Balaban J connectivity index is 2.84. The molecule has 0 spiro atoms. The van der Waals surface area contributed by atoms with Gasteiger partial charge in [0.05, 0.1) is 0 Å². The van der Waals surface area contributed by atoms with E-state index in [0.29, 0.717) is 0 Å². The average Bonchev–Trinajstić information content (AvgIpc) is 2.09. The minimum atomic E-state index is 0.751. The summed E-state index contributed by atoms with van der Waals surface area (Å²) < 4.78 is 5.44. The Morgan fingerprint density at radius 3 is 2.46 bits per heavy atom. The largest absolute Gasteiger partial charge is 0.381 e. The molecular weight excluding hydrogens is 162 g/mol. The lowest BCUT2D eigenvalue weighted by atomic mass is 10.2. The van der Waals surface area contributed by atoms with Crippen LogP contribution in [-0.2, 0) is 4.74 Å². The molecule has 80 valence electrons. The van der Waals surface area contributed by atoms with E-state index in [1.807, 2.05) is 0 Å². The second-order valence-corrected chi connectivity index (χ2v) is 3.92. The molecule has 0 saturated carbocycles. The van der Waals surface area contributed by atoms with E-state index >= 15 is 0 Å². The van der Waals surface area contributed by atoms with E-state index in [1.54, 1.807) is 0 Å². The van der Waals surface area contributed by atoms with Gasteiger partial charge in [0.15, 0.2) is 0 Å². The zero-order valence-electron chi connectivity index (χ0n) is 9.44. The van der Waals surface area contributed by atoms with Gasteiger partial charge in [0.2, 0.25) is 0 Å². The Labute approximate surface area is 83.1 Å². The van der Waals surface area contributed by atoms with Crippen LogP contribution in [0.5, 0.6) is 0 Å². The third-order valence-corrected chi connectivity index (χ3v) is 1.84. The minimum Gasteiger partial charge on any atom is -0.381 e. The molecule has 0 amide bonds. The summed E-state index contributed by atoms with van der Waals surface area (Å²) in [6, 6.07) is 0. The topological polar surface area (TPSA) is 21.3 Å². The van der Waals surface area contributed by atoms with Gasteiger partial charge in [0.1, 0.15) is 0 Å². The predicted molar refractivity (Wildman–Crippen MR) is 58.1 cm³/mol. The van der Waals surface area contributed by atoms with Gasteiger partial charge in [-0.1, -0.05) is 27.2 Å². The SMILES string of the molecule is CCCCOCCCNCC(C)C. The molecule has 0 aromatic carbocycles. The number of nitrogens with one attached hydrogen (secondary N) is 1. The lowest BCUT2D eigenvalue weighted by molar-refractivity contribution is 0.128. The van der Waals surface area contributed by atoms with Crippen LogP contribution in [0.4, 0.5) is 0 Å². The maximum atomic E-state index is 5.44. The fraction of sp³-hybridized carbons (Fsp3) is 1.00. The molecule has 0 aromatic rings. The van der Waals surface area contributed by atoms with Crippen molar-refractivity contribution in [3.8, 4) is 0 Å². The molecule has 0 bridgehead atoms. The smallest absolute Gasteiger partial charge is 0.0478 e.